The number of halogens is 1. The van der Waals surface area contributed by atoms with Crippen molar-refractivity contribution in [2.75, 3.05) is 18.9 Å². The highest BCUT2D eigenvalue weighted by Crippen LogP contribution is 2.16. The van der Waals surface area contributed by atoms with Crippen LogP contribution >= 0.6 is 0 Å². The van der Waals surface area contributed by atoms with E-state index in [1.807, 2.05) is 6.92 Å². The molecule has 1 aromatic rings. The van der Waals surface area contributed by atoms with Crippen LogP contribution in [0.4, 0.5) is 10.1 Å². The van der Waals surface area contributed by atoms with Crippen LogP contribution in [0.2, 0.25) is 0 Å². The van der Waals surface area contributed by atoms with Crippen molar-refractivity contribution in [2.45, 2.75) is 13.8 Å². The van der Waals surface area contributed by atoms with Gasteiger partial charge in [0.25, 0.3) is 0 Å². The zero-order valence-electron chi connectivity index (χ0n) is 9.80. The Bertz CT molecular complexity index is 379. The number of benzene rings is 1. The van der Waals surface area contributed by atoms with E-state index in [2.05, 4.69) is 10.6 Å². The molecule has 4 heteroatoms. The van der Waals surface area contributed by atoms with Crippen LogP contribution in [0.3, 0.4) is 0 Å². The Labute approximate surface area is 95.0 Å². The Hall–Kier alpha value is -1.42. The van der Waals surface area contributed by atoms with Crippen LogP contribution in [0.5, 0.6) is 0 Å². The Balaban J connectivity index is 2.69. The number of hydrogen-bond donors (Lipinski definition) is 2. The molecule has 3 nitrogen and oxygen atoms in total. The molecule has 2 N–H and O–H groups in total. The first-order chi connectivity index (χ1) is 7.54. The topological polar surface area (TPSA) is 41.1 Å². The average molecular weight is 224 g/mol. The predicted octanol–water partition coefficient (Wildman–Crippen LogP) is 1.93. The standard InChI is InChI=1S/C12H17FN2O/c1-8-6-10(13)4-5-11(8)15-12(16)9(2)7-14-3/h4-6,9,14H,7H2,1-3H3,(H,15,16). The molecule has 1 aromatic carbocycles. The van der Waals surface area contributed by atoms with Crippen molar-refractivity contribution in [3.63, 3.8) is 0 Å². The summed E-state index contributed by atoms with van der Waals surface area (Å²) in [5, 5.41) is 5.71. The molecule has 1 amide bonds. The third kappa shape index (κ3) is 3.31. The molecular formula is C12H17FN2O. The number of nitrogens with one attached hydrogen (secondary N) is 2. The molecule has 1 unspecified atom stereocenters. The molecular weight excluding hydrogens is 207 g/mol. The number of aryl methyl sites for hydroxylation is 1. The van der Waals surface area contributed by atoms with E-state index in [1.165, 1.54) is 12.1 Å². The minimum Gasteiger partial charge on any atom is -0.326 e. The molecule has 0 saturated carbocycles. The van der Waals surface area contributed by atoms with Crippen molar-refractivity contribution in [3.8, 4) is 0 Å². The van der Waals surface area contributed by atoms with Crippen molar-refractivity contribution < 1.29 is 9.18 Å². The second kappa shape index (κ2) is 5.61. The van der Waals surface area contributed by atoms with Crippen molar-refractivity contribution in [1.29, 1.82) is 0 Å². The molecule has 0 saturated heterocycles. The molecule has 1 rings (SSSR count). The van der Waals surface area contributed by atoms with E-state index in [0.717, 1.165) is 5.56 Å². The number of hydrogen-bond acceptors (Lipinski definition) is 2. The van der Waals surface area contributed by atoms with Gasteiger partial charge in [-0.15, -0.1) is 0 Å². The lowest BCUT2D eigenvalue weighted by atomic mass is 10.1. The van der Waals surface area contributed by atoms with Gasteiger partial charge in [0.2, 0.25) is 5.91 Å². The summed E-state index contributed by atoms with van der Waals surface area (Å²) in [6.45, 7) is 4.22. The van der Waals surface area contributed by atoms with Gasteiger partial charge in [-0.1, -0.05) is 6.92 Å². The van der Waals surface area contributed by atoms with Crippen LogP contribution in [0.15, 0.2) is 18.2 Å². The van der Waals surface area contributed by atoms with Gasteiger partial charge in [-0.2, -0.15) is 0 Å². The number of carbonyl (C=O) groups excluding carboxylic acids is 1. The van der Waals surface area contributed by atoms with Crippen LogP contribution in [0, 0.1) is 18.7 Å². The van der Waals surface area contributed by atoms with Gasteiger partial charge in [0.1, 0.15) is 5.82 Å². The quantitative estimate of drug-likeness (QED) is 0.820. The molecule has 0 radical (unpaired) electrons. The zero-order valence-corrected chi connectivity index (χ0v) is 9.80. The maximum Gasteiger partial charge on any atom is 0.228 e. The van der Waals surface area contributed by atoms with Gasteiger partial charge in [-0.3, -0.25) is 4.79 Å². The summed E-state index contributed by atoms with van der Waals surface area (Å²) in [5.74, 6) is -0.475. The highest BCUT2D eigenvalue weighted by molar-refractivity contribution is 5.93. The van der Waals surface area contributed by atoms with Crippen molar-refractivity contribution >= 4 is 11.6 Å². The Morgan fingerprint density at radius 3 is 2.75 bits per heavy atom. The molecule has 0 spiro atoms. The van der Waals surface area contributed by atoms with Crippen LogP contribution in [-0.2, 0) is 4.79 Å². The van der Waals surface area contributed by atoms with Gasteiger partial charge in [0.05, 0.1) is 0 Å². The van der Waals surface area contributed by atoms with Gasteiger partial charge in [0.15, 0.2) is 0 Å². The van der Waals surface area contributed by atoms with Crippen molar-refractivity contribution in [1.82, 2.24) is 5.32 Å². The predicted molar refractivity (Wildman–Crippen MR) is 62.9 cm³/mol. The fourth-order valence-corrected chi connectivity index (χ4v) is 1.42. The number of anilines is 1. The Morgan fingerprint density at radius 1 is 1.50 bits per heavy atom. The second-order valence-electron chi connectivity index (χ2n) is 3.91. The van der Waals surface area contributed by atoms with Gasteiger partial charge >= 0.3 is 0 Å². The third-order valence-electron chi connectivity index (χ3n) is 2.40. The van der Waals surface area contributed by atoms with Gasteiger partial charge in [-0.25, -0.2) is 4.39 Å². The highest BCUT2D eigenvalue weighted by atomic mass is 19.1. The molecule has 0 aliphatic heterocycles. The lowest BCUT2D eigenvalue weighted by Crippen LogP contribution is -2.28. The maximum atomic E-state index is 12.8. The van der Waals surface area contributed by atoms with E-state index in [4.69, 9.17) is 0 Å². The normalized spacial score (nSPS) is 12.2. The van der Waals surface area contributed by atoms with E-state index >= 15 is 0 Å². The fraction of sp³-hybridized carbons (Fsp3) is 0.417. The highest BCUT2D eigenvalue weighted by Gasteiger charge is 2.12. The van der Waals surface area contributed by atoms with Crippen LogP contribution in [-0.4, -0.2) is 19.5 Å². The summed E-state index contributed by atoms with van der Waals surface area (Å²) in [4.78, 5) is 11.7. The SMILES string of the molecule is CNCC(C)C(=O)Nc1ccc(F)cc1C. The molecule has 0 aromatic heterocycles. The fourth-order valence-electron chi connectivity index (χ4n) is 1.42. The summed E-state index contributed by atoms with van der Waals surface area (Å²) >= 11 is 0. The molecule has 0 fully saturated rings. The summed E-state index contributed by atoms with van der Waals surface area (Å²) in [6.07, 6.45) is 0. The molecule has 88 valence electrons. The first-order valence-electron chi connectivity index (χ1n) is 5.26. The maximum absolute atomic E-state index is 12.8. The minimum atomic E-state index is -0.293. The third-order valence-corrected chi connectivity index (χ3v) is 2.40. The van der Waals surface area contributed by atoms with Crippen molar-refractivity contribution in [2.24, 2.45) is 5.92 Å². The lowest BCUT2D eigenvalue weighted by molar-refractivity contribution is -0.119. The number of amides is 1. The van der Waals surface area contributed by atoms with Gasteiger partial charge < -0.3 is 10.6 Å². The van der Waals surface area contributed by atoms with Gasteiger partial charge in [0, 0.05) is 18.2 Å². The van der Waals surface area contributed by atoms with Crippen LogP contribution < -0.4 is 10.6 Å². The summed E-state index contributed by atoms with van der Waals surface area (Å²) < 4.78 is 12.8. The minimum absolute atomic E-state index is 0.0657. The van der Waals surface area contributed by atoms with E-state index in [0.29, 0.717) is 12.2 Å². The first-order valence-corrected chi connectivity index (χ1v) is 5.26. The largest absolute Gasteiger partial charge is 0.326 e. The number of carbonyl (C=O) groups is 1. The molecule has 16 heavy (non-hydrogen) atoms. The number of rotatable bonds is 4. The molecule has 0 heterocycles. The molecule has 0 aliphatic rings. The van der Waals surface area contributed by atoms with Gasteiger partial charge in [-0.05, 0) is 37.7 Å². The molecule has 0 aliphatic carbocycles. The molecule has 1 atom stereocenters. The molecule has 0 bridgehead atoms. The van der Waals surface area contributed by atoms with E-state index < -0.39 is 0 Å². The first kappa shape index (κ1) is 12.6. The Kier molecular flexibility index (Phi) is 4.43. The smallest absolute Gasteiger partial charge is 0.228 e. The summed E-state index contributed by atoms with van der Waals surface area (Å²) in [7, 11) is 1.80. The average Bonchev–Trinajstić information content (AvgIpc) is 2.22. The zero-order chi connectivity index (χ0) is 12.1. The van der Waals surface area contributed by atoms with E-state index in [1.54, 1.807) is 20.0 Å². The monoisotopic (exact) mass is 224 g/mol. The Morgan fingerprint density at radius 2 is 2.19 bits per heavy atom. The summed E-state index contributed by atoms with van der Waals surface area (Å²) in [6, 6.07) is 4.32. The van der Waals surface area contributed by atoms with Crippen molar-refractivity contribution in [3.05, 3.63) is 29.6 Å². The lowest BCUT2D eigenvalue weighted by Gasteiger charge is -2.13. The van der Waals surface area contributed by atoms with Crippen LogP contribution in [0.1, 0.15) is 12.5 Å². The van der Waals surface area contributed by atoms with Crippen LogP contribution in [0.25, 0.3) is 0 Å². The van der Waals surface area contributed by atoms with E-state index in [-0.39, 0.29) is 17.6 Å². The second-order valence-corrected chi connectivity index (χ2v) is 3.91. The van der Waals surface area contributed by atoms with E-state index in [9.17, 15) is 9.18 Å². The summed E-state index contributed by atoms with van der Waals surface area (Å²) in [5.41, 5.74) is 1.39.